The van der Waals surface area contributed by atoms with Crippen LogP contribution < -0.4 is 46.9 Å². The van der Waals surface area contributed by atoms with Gasteiger partial charge in [0.05, 0.1) is 28.9 Å². The van der Waals surface area contributed by atoms with Crippen molar-refractivity contribution >= 4 is 27.5 Å². The summed E-state index contributed by atoms with van der Waals surface area (Å²) in [6, 6.07) is 18.3. The molecule has 3 rings (SSSR count). The van der Waals surface area contributed by atoms with Crippen molar-refractivity contribution in [3.8, 4) is 6.07 Å². The number of para-hydroxylation sites is 2. The minimum atomic E-state index is -0.509. The number of nitrogens with two attached hydrogens (primary N) is 2. The third-order valence-corrected chi connectivity index (χ3v) is 3.81. The van der Waals surface area contributed by atoms with Crippen molar-refractivity contribution in [3.63, 3.8) is 0 Å². The van der Waals surface area contributed by atoms with Crippen LogP contribution in [0.3, 0.4) is 0 Å². The second kappa shape index (κ2) is 20.4. The summed E-state index contributed by atoms with van der Waals surface area (Å²) < 4.78 is 0. The van der Waals surface area contributed by atoms with Gasteiger partial charge < -0.3 is 52.0 Å². The quantitative estimate of drug-likeness (QED) is 0.135. The summed E-state index contributed by atoms with van der Waals surface area (Å²) in [6.45, 7) is 3.78. The number of pyridine rings is 1. The van der Waals surface area contributed by atoms with Crippen LogP contribution in [0.5, 0.6) is 0 Å². The predicted octanol–water partition coefficient (Wildman–Crippen LogP) is -4.18. The molecule has 0 aliphatic carbocycles. The molecule has 0 saturated heterocycles. The average Bonchev–Trinajstić information content (AvgIpc) is 2.73. The van der Waals surface area contributed by atoms with Gasteiger partial charge in [0.1, 0.15) is 0 Å². The SMILES string of the molecule is CC#N.CNCCNc1c2ccccc2nc2ccccc12.NCC(O)CN.[Cl-].[Cl-].[Pt+2]. The number of fused-ring (bicyclic) bond motifs is 2. The van der Waals surface area contributed by atoms with Crippen molar-refractivity contribution in [1.82, 2.24) is 10.3 Å². The second-order valence-corrected chi connectivity index (χ2v) is 5.90. The average molecular weight is 648 g/mol. The summed E-state index contributed by atoms with van der Waals surface area (Å²) in [4.78, 5) is 4.71. The van der Waals surface area contributed by atoms with E-state index in [-0.39, 0.29) is 59.0 Å². The Morgan fingerprint density at radius 2 is 1.39 bits per heavy atom. The second-order valence-electron chi connectivity index (χ2n) is 5.90. The minimum Gasteiger partial charge on any atom is -1.00 e. The van der Waals surface area contributed by atoms with Crippen LogP contribution in [0, 0.1) is 11.3 Å². The molecule has 10 heteroatoms. The maximum absolute atomic E-state index is 8.42. The van der Waals surface area contributed by atoms with Gasteiger partial charge in [0.2, 0.25) is 0 Å². The molecule has 174 valence electrons. The fourth-order valence-electron chi connectivity index (χ4n) is 2.44. The maximum Gasteiger partial charge on any atom is 2.00 e. The van der Waals surface area contributed by atoms with E-state index in [0.29, 0.717) is 0 Å². The van der Waals surface area contributed by atoms with Gasteiger partial charge in [-0.2, -0.15) is 5.26 Å². The van der Waals surface area contributed by atoms with Crippen LogP contribution in [-0.2, 0) is 21.1 Å². The topological polar surface area (TPSA) is 133 Å². The monoisotopic (exact) mass is 647 g/mol. The van der Waals surface area contributed by atoms with Gasteiger partial charge in [-0.05, 0) is 19.2 Å². The Balaban J connectivity index is -0.000000566. The summed E-state index contributed by atoms with van der Waals surface area (Å²) in [5.74, 6) is 0. The number of anilines is 1. The van der Waals surface area contributed by atoms with Crippen LogP contribution in [0.15, 0.2) is 48.5 Å². The Morgan fingerprint density at radius 1 is 0.968 bits per heavy atom. The zero-order valence-electron chi connectivity index (χ0n) is 17.6. The Kier molecular flexibility index (Phi) is 22.5. The molecule has 0 radical (unpaired) electrons. The molecule has 0 unspecified atom stereocenters. The summed E-state index contributed by atoms with van der Waals surface area (Å²) in [7, 11) is 1.96. The first-order valence-electron chi connectivity index (χ1n) is 9.17. The van der Waals surface area contributed by atoms with Gasteiger partial charge in [-0.25, -0.2) is 4.98 Å². The molecule has 3 aromatic rings. The number of hydrogen-bond acceptors (Lipinski definition) is 7. The fourth-order valence-corrected chi connectivity index (χ4v) is 2.44. The van der Waals surface area contributed by atoms with Crippen molar-refractivity contribution < 1.29 is 51.0 Å². The van der Waals surface area contributed by atoms with E-state index < -0.39 is 6.10 Å². The number of halogens is 2. The number of benzene rings is 2. The molecule has 0 aliphatic rings. The number of rotatable bonds is 6. The Bertz CT molecular complexity index is 836. The zero-order chi connectivity index (χ0) is 20.8. The fraction of sp³-hybridized carbons (Fsp3) is 0.333. The number of aromatic nitrogens is 1. The number of aliphatic hydroxyl groups excluding tert-OH is 1. The first kappa shape index (κ1) is 34.1. The molecule has 0 saturated carbocycles. The van der Waals surface area contributed by atoms with Crippen molar-refractivity contribution in [1.29, 1.82) is 5.26 Å². The van der Waals surface area contributed by atoms with E-state index in [9.17, 15) is 0 Å². The van der Waals surface area contributed by atoms with Gasteiger partial charge >= 0.3 is 21.1 Å². The van der Waals surface area contributed by atoms with Crippen LogP contribution in [0.4, 0.5) is 5.69 Å². The molecule has 0 amide bonds. The smallest absolute Gasteiger partial charge is 1.00 e. The van der Waals surface area contributed by atoms with Crippen LogP contribution >= 0.6 is 0 Å². The van der Waals surface area contributed by atoms with E-state index in [0.717, 1.165) is 24.1 Å². The van der Waals surface area contributed by atoms with Crippen molar-refractivity contribution in [2.24, 2.45) is 11.5 Å². The Morgan fingerprint density at radius 3 is 1.74 bits per heavy atom. The van der Waals surface area contributed by atoms with Crippen molar-refractivity contribution in [3.05, 3.63) is 48.5 Å². The van der Waals surface area contributed by atoms with Crippen molar-refractivity contribution in [2.45, 2.75) is 13.0 Å². The van der Waals surface area contributed by atoms with Crippen LogP contribution in [0.1, 0.15) is 6.92 Å². The maximum atomic E-state index is 8.42. The molecule has 0 atom stereocenters. The molecule has 31 heavy (non-hydrogen) atoms. The number of nitrogens with zero attached hydrogens (tertiary/aromatic N) is 2. The van der Waals surface area contributed by atoms with Gasteiger partial charge in [-0.15, -0.1) is 0 Å². The van der Waals surface area contributed by atoms with E-state index in [4.69, 9.17) is 26.8 Å². The van der Waals surface area contributed by atoms with E-state index in [1.54, 1.807) is 6.07 Å². The number of nitriles is 1. The predicted molar refractivity (Wildman–Crippen MR) is 117 cm³/mol. The molecular weight excluding hydrogens is 618 g/mol. The van der Waals surface area contributed by atoms with E-state index >= 15 is 0 Å². The van der Waals surface area contributed by atoms with E-state index in [2.05, 4.69) is 47.0 Å². The third-order valence-electron chi connectivity index (χ3n) is 3.81. The molecule has 2 aromatic carbocycles. The number of hydrogen-bond donors (Lipinski definition) is 5. The van der Waals surface area contributed by atoms with Gasteiger partial charge in [0.25, 0.3) is 0 Å². The number of nitrogens with one attached hydrogen (secondary N) is 2. The van der Waals surface area contributed by atoms with E-state index in [1.807, 2.05) is 19.2 Å². The molecule has 0 spiro atoms. The first-order valence-corrected chi connectivity index (χ1v) is 9.17. The van der Waals surface area contributed by atoms with Gasteiger partial charge in [-0.1, -0.05) is 36.4 Å². The summed E-state index contributed by atoms with van der Waals surface area (Å²) >= 11 is 0. The third kappa shape index (κ3) is 11.6. The molecule has 7 N–H and O–H groups in total. The molecule has 1 aromatic heterocycles. The largest absolute Gasteiger partial charge is 2.00 e. The van der Waals surface area contributed by atoms with Crippen molar-refractivity contribution in [2.75, 3.05) is 38.5 Å². The number of likely N-dealkylation sites (N-methyl/N-ethyl adjacent to an activating group) is 1. The van der Waals surface area contributed by atoms with Crippen LogP contribution in [0.2, 0.25) is 0 Å². The Hall–Kier alpha value is -1.49. The molecule has 7 nitrogen and oxygen atoms in total. The van der Waals surface area contributed by atoms with Gasteiger partial charge in [-0.3, -0.25) is 0 Å². The van der Waals surface area contributed by atoms with Crippen LogP contribution in [-0.4, -0.2) is 49.4 Å². The summed E-state index contributed by atoms with van der Waals surface area (Å²) in [5, 5.41) is 24.8. The normalized spacial score (nSPS) is 8.94. The first-order chi connectivity index (χ1) is 13.6. The molecule has 0 aliphatic heterocycles. The molecular formula is C21H30Cl2N6OPt. The standard InChI is InChI=1S/C16H17N3.C3H10N2O.C2H3N.2ClH.Pt/c1-17-10-11-18-16-12-6-2-4-8-14(12)19-15-9-5-3-7-13(15)16;4-1-3(6)2-5;1-2-3;;;/h2-9,17H,10-11H2,1H3,(H,18,19);3,6H,1-2,4-5H2;1H3;2*1H;/q;;;;;+2/p-2. The number of aliphatic hydroxyl groups is 1. The summed E-state index contributed by atoms with van der Waals surface area (Å²) in [6.07, 6.45) is -0.509. The Labute approximate surface area is 211 Å². The molecule has 0 bridgehead atoms. The molecule has 0 fully saturated rings. The van der Waals surface area contributed by atoms with Gasteiger partial charge in [0.15, 0.2) is 0 Å². The molecule has 1 heterocycles. The van der Waals surface area contributed by atoms with Crippen LogP contribution in [0.25, 0.3) is 21.8 Å². The van der Waals surface area contributed by atoms with Gasteiger partial charge in [0, 0.05) is 43.9 Å². The summed E-state index contributed by atoms with van der Waals surface area (Å²) in [5.41, 5.74) is 13.2. The zero-order valence-corrected chi connectivity index (χ0v) is 21.4. The minimum absolute atomic E-state index is 0. The van der Waals surface area contributed by atoms with E-state index in [1.165, 1.54) is 23.4 Å².